The van der Waals surface area contributed by atoms with Crippen LogP contribution in [0.25, 0.3) is 0 Å². The van der Waals surface area contributed by atoms with Crippen LogP contribution in [0.5, 0.6) is 0 Å². The fourth-order valence-corrected chi connectivity index (χ4v) is 4.69. The highest BCUT2D eigenvalue weighted by molar-refractivity contribution is 7.89. The molecule has 1 saturated heterocycles. The maximum Gasteiger partial charge on any atom is 0.263 e. The molecule has 0 spiro atoms. The van der Waals surface area contributed by atoms with Crippen LogP contribution in [0.4, 0.5) is 5.82 Å². The number of nitrogens with two attached hydrogens (primary N) is 1. The van der Waals surface area contributed by atoms with Crippen LogP contribution in [-0.2, 0) is 17.1 Å². The number of anilines is 1. The number of nitrogens with zero attached hydrogens (tertiary/aromatic N) is 4. The average Bonchev–Trinajstić information content (AvgIpc) is 3.07. The fraction of sp³-hybridized carbons (Fsp3) is 0.385. The average molecular weight is 307 g/mol. The van der Waals surface area contributed by atoms with Crippen LogP contribution < -0.4 is 5.73 Å². The van der Waals surface area contributed by atoms with E-state index in [4.69, 9.17) is 5.73 Å². The maximum atomic E-state index is 12.9. The largest absolute Gasteiger partial charge is 0.381 e. The van der Waals surface area contributed by atoms with Crippen LogP contribution in [-0.4, -0.2) is 33.8 Å². The lowest BCUT2D eigenvalue weighted by Gasteiger charge is -2.24. The molecule has 8 heteroatoms. The van der Waals surface area contributed by atoms with E-state index in [1.165, 1.54) is 15.2 Å². The highest BCUT2D eigenvalue weighted by atomic mass is 32.2. The normalized spacial score (nSPS) is 20.0. The first kappa shape index (κ1) is 14.0. The van der Waals surface area contributed by atoms with Crippen molar-refractivity contribution in [3.05, 3.63) is 36.4 Å². The summed E-state index contributed by atoms with van der Waals surface area (Å²) in [5.41, 5.74) is 6.68. The molecule has 0 bridgehead atoms. The van der Waals surface area contributed by atoms with Gasteiger partial charge in [-0.25, -0.2) is 13.4 Å². The number of imidazole rings is 1. The highest BCUT2D eigenvalue weighted by Crippen LogP contribution is 2.37. The Bertz CT molecular complexity index is 722. The zero-order valence-electron chi connectivity index (χ0n) is 11.7. The number of aryl methyl sites for hydroxylation is 1. The molecule has 1 aliphatic rings. The fourth-order valence-electron chi connectivity index (χ4n) is 2.81. The zero-order valence-corrected chi connectivity index (χ0v) is 12.5. The lowest BCUT2D eigenvalue weighted by atomic mass is 10.1. The minimum Gasteiger partial charge on any atom is -0.381 e. The van der Waals surface area contributed by atoms with Gasteiger partial charge in [0, 0.05) is 26.0 Å². The predicted molar refractivity (Wildman–Crippen MR) is 77.7 cm³/mol. The Balaban J connectivity index is 2.03. The van der Waals surface area contributed by atoms with Gasteiger partial charge in [0.1, 0.15) is 0 Å². The molecule has 21 heavy (non-hydrogen) atoms. The van der Waals surface area contributed by atoms with E-state index in [2.05, 4.69) is 9.97 Å². The SMILES string of the molecule is Cn1cnc(N)c1S(=O)(=O)N1CCCC1c1ccncc1. The van der Waals surface area contributed by atoms with Crippen molar-refractivity contribution in [2.24, 2.45) is 7.05 Å². The van der Waals surface area contributed by atoms with Gasteiger partial charge < -0.3 is 10.3 Å². The monoisotopic (exact) mass is 307 g/mol. The van der Waals surface area contributed by atoms with Crippen molar-refractivity contribution < 1.29 is 8.42 Å². The third-order valence-corrected chi connectivity index (χ3v) is 5.80. The molecule has 1 unspecified atom stereocenters. The number of nitrogen functional groups attached to an aromatic ring is 1. The van der Waals surface area contributed by atoms with Crippen molar-refractivity contribution in [1.29, 1.82) is 0 Å². The molecule has 7 nitrogen and oxygen atoms in total. The number of rotatable bonds is 3. The summed E-state index contributed by atoms with van der Waals surface area (Å²) >= 11 is 0. The van der Waals surface area contributed by atoms with Crippen molar-refractivity contribution in [2.45, 2.75) is 23.9 Å². The molecular formula is C13H17N5O2S. The van der Waals surface area contributed by atoms with Gasteiger partial charge in [-0.2, -0.15) is 4.31 Å². The van der Waals surface area contributed by atoms with Crippen LogP contribution in [0.15, 0.2) is 35.9 Å². The standard InChI is InChI=1S/C13H17N5O2S/c1-17-9-16-12(14)13(17)21(19,20)18-8-2-3-11(18)10-4-6-15-7-5-10/h4-7,9,11H,2-3,8,14H2,1H3. The molecule has 0 aromatic carbocycles. The number of sulfonamides is 1. The predicted octanol–water partition coefficient (Wildman–Crippen LogP) is 0.923. The summed E-state index contributed by atoms with van der Waals surface area (Å²) < 4.78 is 28.7. The van der Waals surface area contributed by atoms with Gasteiger partial charge in [-0.15, -0.1) is 0 Å². The van der Waals surface area contributed by atoms with E-state index in [1.807, 2.05) is 12.1 Å². The van der Waals surface area contributed by atoms with E-state index in [9.17, 15) is 8.42 Å². The van der Waals surface area contributed by atoms with Crippen LogP contribution in [0.3, 0.4) is 0 Å². The first-order chi connectivity index (χ1) is 10.0. The highest BCUT2D eigenvalue weighted by Gasteiger charge is 2.38. The van der Waals surface area contributed by atoms with Gasteiger partial charge >= 0.3 is 0 Å². The smallest absolute Gasteiger partial charge is 0.263 e. The van der Waals surface area contributed by atoms with Gasteiger partial charge in [0.05, 0.1) is 12.4 Å². The quantitative estimate of drug-likeness (QED) is 0.910. The summed E-state index contributed by atoms with van der Waals surface area (Å²) in [6, 6.07) is 3.53. The molecule has 2 aromatic rings. The molecular weight excluding hydrogens is 290 g/mol. The van der Waals surface area contributed by atoms with Gasteiger partial charge in [0.25, 0.3) is 10.0 Å². The lowest BCUT2D eigenvalue weighted by molar-refractivity contribution is 0.393. The Morgan fingerprint density at radius 3 is 2.67 bits per heavy atom. The summed E-state index contributed by atoms with van der Waals surface area (Å²) in [5, 5.41) is 0.0588. The molecule has 0 amide bonds. The number of pyridine rings is 1. The Labute approximate surface area is 123 Å². The molecule has 0 aliphatic carbocycles. The van der Waals surface area contributed by atoms with Gasteiger partial charge in [0.2, 0.25) is 0 Å². The Morgan fingerprint density at radius 1 is 1.33 bits per heavy atom. The van der Waals surface area contributed by atoms with Crippen molar-refractivity contribution >= 4 is 15.8 Å². The van der Waals surface area contributed by atoms with E-state index < -0.39 is 10.0 Å². The summed E-state index contributed by atoms with van der Waals surface area (Å²) in [5.74, 6) is 0.0397. The van der Waals surface area contributed by atoms with Crippen molar-refractivity contribution in [2.75, 3.05) is 12.3 Å². The lowest BCUT2D eigenvalue weighted by Crippen LogP contribution is -2.32. The van der Waals surface area contributed by atoms with E-state index in [0.717, 1.165) is 18.4 Å². The van der Waals surface area contributed by atoms with Crippen molar-refractivity contribution in [1.82, 2.24) is 18.8 Å². The third-order valence-electron chi connectivity index (χ3n) is 3.76. The molecule has 0 radical (unpaired) electrons. The Hall–Kier alpha value is -1.93. The minimum absolute atomic E-state index is 0.0397. The molecule has 1 fully saturated rings. The van der Waals surface area contributed by atoms with Gasteiger partial charge in [0.15, 0.2) is 10.8 Å². The molecule has 2 N–H and O–H groups in total. The van der Waals surface area contributed by atoms with Crippen LogP contribution in [0.2, 0.25) is 0 Å². The van der Waals surface area contributed by atoms with E-state index in [0.29, 0.717) is 6.54 Å². The minimum atomic E-state index is -3.67. The van der Waals surface area contributed by atoms with Crippen molar-refractivity contribution in [3.8, 4) is 0 Å². The maximum absolute atomic E-state index is 12.9. The number of aromatic nitrogens is 3. The van der Waals surface area contributed by atoms with Gasteiger partial charge in [-0.1, -0.05) is 0 Å². The Morgan fingerprint density at radius 2 is 2.05 bits per heavy atom. The van der Waals surface area contributed by atoms with E-state index >= 15 is 0 Å². The summed E-state index contributed by atoms with van der Waals surface area (Å²) in [6.45, 7) is 0.486. The van der Waals surface area contributed by atoms with Crippen LogP contribution in [0.1, 0.15) is 24.4 Å². The van der Waals surface area contributed by atoms with Crippen molar-refractivity contribution in [3.63, 3.8) is 0 Å². The summed E-state index contributed by atoms with van der Waals surface area (Å²) in [6.07, 6.45) is 6.39. The molecule has 1 aliphatic heterocycles. The number of hydrogen-bond acceptors (Lipinski definition) is 5. The van der Waals surface area contributed by atoms with Crippen LogP contribution in [0, 0.1) is 0 Å². The summed E-state index contributed by atoms with van der Waals surface area (Å²) in [4.78, 5) is 7.86. The number of hydrogen-bond donors (Lipinski definition) is 1. The summed E-state index contributed by atoms with van der Waals surface area (Å²) in [7, 11) is -2.03. The van der Waals surface area contributed by atoms with E-state index in [1.54, 1.807) is 19.4 Å². The molecule has 112 valence electrons. The van der Waals surface area contributed by atoms with Crippen LogP contribution >= 0.6 is 0 Å². The van der Waals surface area contributed by atoms with Gasteiger partial charge in [-0.05, 0) is 30.5 Å². The second-order valence-electron chi connectivity index (χ2n) is 5.10. The second kappa shape index (κ2) is 5.12. The molecule has 0 saturated carbocycles. The first-order valence-corrected chi connectivity index (χ1v) is 8.14. The topological polar surface area (TPSA) is 94.1 Å². The molecule has 3 heterocycles. The Kier molecular flexibility index (Phi) is 3.42. The zero-order chi connectivity index (χ0) is 15.0. The molecule has 3 rings (SSSR count). The van der Waals surface area contributed by atoms with E-state index in [-0.39, 0.29) is 16.9 Å². The molecule has 1 atom stereocenters. The van der Waals surface area contributed by atoms with Gasteiger partial charge in [-0.3, -0.25) is 4.98 Å². The third kappa shape index (κ3) is 2.30. The molecule has 2 aromatic heterocycles. The second-order valence-corrected chi connectivity index (χ2v) is 6.91. The first-order valence-electron chi connectivity index (χ1n) is 6.70.